The maximum atomic E-state index is 10.2. The molecule has 1 aliphatic rings. The van der Waals surface area contributed by atoms with Gasteiger partial charge in [-0.15, -0.1) is 11.3 Å². The average molecular weight is 333 g/mol. The van der Waals surface area contributed by atoms with Crippen LogP contribution in [0, 0.1) is 0 Å². The van der Waals surface area contributed by atoms with Crippen LogP contribution in [-0.4, -0.2) is 54.8 Å². The zero-order valence-electron chi connectivity index (χ0n) is 12.0. The van der Waals surface area contributed by atoms with Crippen LogP contribution in [0.2, 0.25) is 0 Å². The molecule has 3 N–H and O–H groups in total. The normalized spacial score (nSPS) is 27.8. The van der Waals surface area contributed by atoms with Crippen LogP contribution in [0.4, 0.5) is 0 Å². The summed E-state index contributed by atoms with van der Waals surface area (Å²) in [6.45, 7) is -0.358. The van der Waals surface area contributed by atoms with Crippen molar-refractivity contribution in [1.29, 1.82) is 0 Å². The minimum atomic E-state index is -1.14. The number of fused-ring (bicyclic) bond motifs is 1. The van der Waals surface area contributed by atoms with E-state index in [-0.39, 0.29) is 6.61 Å². The van der Waals surface area contributed by atoms with E-state index in [0.717, 1.165) is 16.0 Å². The van der Waals surface area contributed by atoms with Crippen molar-refractivity contribution in [3.05, 3.63) is 36.1 Å². The molecule has 120 valence electrons. The van der Waals surface area contributed by atoms with E-state index in [0.29, 0.717) is 5.65 Å². The Hall–Kier alpha value is -1.84. The molecule has 0 aromatic carbocycles. The van der Waals surface area contributed by atoms with Crippen LogP contribution in [0.3, 0.4) is 0 Å². The average Bonchev–Trinajstić information content (AvgIpc) is 3.28. The van der Waals surface area contributed by atoms with Gasteiger partial charge in [-0.05, 0) is 17.5 Å². The molecule has 4 heterocycles. The van der Waals surface area contributed by atoms with Crippen LogP contribution >= 0.6 is 11.3 Å². The van der Waals surface area contributed by atoms with E-state index in [9.17, 15) is 15.3 Å². The van der Waals surface area contributed by atoms with Gasteiger partial charge < -0.3 is 24.6 Å². The van der Waals surface area contributed by atoms with Gasteiger partial charge in [0.25, 0.3) is 0 Å². The largest absolute Gasteiger partial charge is 0.394 e. The summed E-state index contributed by atoms with van der Waals surface area (Å²) in [4.78, 5) is 9.66. The third-order valence-corrected chi connectivity index (χ3v) is 4.93. The van der Waals surface area contributed by atoms with Crippen LogP contribution in [0.15, 0.2) is 36.1 Å². The smallest absolute Gasteiger partial charge is 0.164 e. The van der Waals surface area contributed by atoms with E-state index in [1.807, 2.05) is 23.6 Å². The number of hydrogen-bond acceptors (Lipinski definition) is 7. The van der Waals surface area contributed by atoms with Gasteiger partial charge in [0.15, 0.2) is 6.23 Å². The van der Waals surface area contributed by atoms with Gasteiger partial charge in [0.1, 0.15) is 30.3 Å². The van der Waals surface area contributed by atoms with E-state index in [2.05, 4.69) is 9.97 Å². The Morgan fingerprint density at radius 1 is 1.22 bits per heavy atom. The molecule has 0 amide bonds. The molecule has 8 heteroatoms. The van der Waals surface area contributed by atoms with Gasteiger partial charge in [-0.1, -0.05) is 6.07 Å². The number of aromatic nitrogens is 3. The quantitative estimate of drug-likeness (QED) is 0.655. The molecule has 1 saturated heterocycles. The highest BCUT2D eigenvalue weighted by atomic mass is 32.1. The van der Waals surface area contributed by atoms with Gasteiger partial charge in [0, 0.05) is 11.6 Å². The maximum absolute atomic E-state index is 10.2. The van der Waals surface area contributed by atoms with E-state index in [4.69, 9.17) is 4.74 Å². The molecule has 0 bridgehead atoms. The Bertz CT molecular complexity index is 819. The lowest BCUT2D eigenvalue weighted by molar-refractivity contribution is -0.0508. The second-order valence-electron chi connectivity index (χ2n) is 5.39. The van der Waals surface area contributed by atoms with Gasteiger partial charge in [-0.25, -0.2) is 9.97 Å². The fourth-order valence-corrected chi connectivity index (χ4v) is 3.63. The minimum Gasteiger partial charge on any atom is -0.394 e. The molecular formula is C15H15N3O4S. The summed E-state index contributed by atoms with van der Waals surface area (Å²) in [5, 5.41) is 32.2. The first-order valence-corrected chi connectivity index (χ1v) is 8.06. The van der Waals surface area contributed by atoms with Gasteiger partial charge in [-0.3, -0.25) is 0 Å². The second kappa shape index (κ2) is 5.66. The summed E-state index contributed by atoms with van der Waals surface area (Å²) in [5.74, 6) is 0. The molecule has 23 heavy (non-hydrogen) atoms. The summed E-state index contributed by atoms with van der Waals surface area (Å²) >= 11 is 1.58. The molecule has 3 aromatic rings. The summed E-state index contributed by atoms with van der Waals surface area (Å²) in [6.07, 6.45) is -0.674. The Labute approximate surface area is 135 Å². The van der Waals surface area contributed by atoms with Crippen LogP contribution in [0.1, 0.15) is 6.23 Å². The number of thiophene rings is 1. The van der Waals surface area contributed by atoms with Gasteiger partial charge in [-0.2, -0.15) is 0 Å². The van der Waals surface area contributed by atoms with Crippen molar-refractivity contribution in [2.75, 3.05) is 6.61 Å². The number of hydrogen-bond donors (Lipinski definition) is 3. The molecule has 1 aliphatic heterocycles. The lowest BCUT2D eigenvalue weighted by atomic mass is 10.1. The summed E-state index contributed by atoms with van der Waals surface area (Å²) in [6, 6.07) is 5.80. The summed E-state index contributed by atoms with van der Waals surface area (Å²) < 4.78 is 7.24. The number of nitrogens with zero attached hydrogens (tertiary/aromatic N) is 3. The Morgan fingerprint density at radius 3 is 2.78 bits per heavy atom. The zero-order valence-corrected chi connectivity index (χ0v) is 12.8. The molecule has 0 aliphatic carbocycles. The number of rotatable bonds is 3. The van der Waals surface area contributed by atoms with Crippen molar-refractivity contribution in [2.45, 2.75) is 24.5 Å². The van der Waals surface area contributed by atoms with E-state index >= 15 is 0 Å². The number of aliphatic hydroxyl groups excluding tert-OH is 3. The lowest BCUT2D eigenvalue weighted by Gasteiger charge is -2.17. The highest BCUT2D eigenvalue weighted by molar-refractivity contribution is 7.13. The molecule has 7 nitrogen and oxygen atoms in total. The molecule has 4 atom stereocenters. The van der Waals surface area contributed by atoms with Crippen molar-refractivity contribution in [3.8, 4) is 10.6 Å². The van der Waals surface area contributed by atoms with E-state index in [1.165, 1.54) is 6.33 Å². The molecule has 1 unspecified atom stereocenters. The first-order chi connectivity index (χ1) is 11.2. The van der Waals surface area contributed by atoms with Gasteiger partial charge in [0.2, 0.25) is 0 Å². The van der Waals surface area contributed by atoms with Gasteiger partial charge >= 0.3 is 0 Å². The molecule has 0 spiro atoms. The van der Waals surface area contributed by atoms with E-state index in [1.54, 1.807) is 22.1 Å². The summed E-state index contributed by atoms with van der Waals surface area (Å²) in [7, 11) is 0. The van der Waals surface area contributed by atoms with E-state index < -0.39 is 24.5 Å². The number of aliphatic hydroxyl groups is 3. The fraction of sp³-hybridized carbons (Fsp3) is 0.333. The minimum absolute atomic E-state index is 0.358. The SMILES string of the molecule is OCC1O[C@@H](n2ccc3c(-c4cccs4)ncnc32)[C@@H](O)[C@H]1O. The maximum Gasteiger partial charge on any atom is 0.164 e. The second-order valence-corrected chi connectivity index (χ2v) is 6.34. The highest BCUT2D eigenvalue weighted by Gasteiger charge is 2.43. The van der Waals surface area contributed by atoms with Crippen LogP contribution in [0.25, 0.3) is 21.6 Å². The molecule has 3 aromatic heterocycles. The lowest BCUT2D eigenvalue weighted by Crippen LogP contribution is -2.33. The van der Waals surface area contributed by atoms with Crippen molar-refractivity contribution < 1.29 is 20.1 Å². The predicted molar refractivity (Wildman–Crippen MR) is 83.9 cm³/mol. The Balaban J connectivity index is 1.80. The van der Waals surface area contributed by atoms with Crippen molar-refractivity contribution >= 4 is 22.4 Å². The Kier molecular flexibility index (Phi) is 3.63. The van der Waals surface area contributed by atoms with Crippen LogP contribution in [-0.2, 0) is 4.74 Å². The third-order valence-electron chi connectivity index (χ3n) is 4.06. The molecule has 0 radical (unpaired) electrons. The fourth-order valence-electron chi connectivity index (χ4n) is 2.90. The first kappa shape index (κ1) is 14.7. The first-order valence-electron chi connectivity index (χ1n) is 7.18. The highest BCUT2D eigenvalue weighted by Crippen LogP contribution is 2.34. The predicted octanol–water partition coefficient (Wildman–Crippen LogP) is 0.771. The standard InChI is InChI=1S/C15H15N3O4S/c19-6-9-12(20)13(21)15(22-9)18-4-3-8-11(10-2-1-5-23-10)16-7-17-14(8)18/h1-5,7,9,12-13,15,19-21H,6H2/t9?,12-,13-,15+/m0/s1. The third kappa shape index (κ3) is 2.27. The van der Waals surface area contributed by atoms with Gasteiger partial charge in [0.05, 0.1) is 17.2 Å². The molecular weight excluding hydrogens is 318 g/mol. The Morgan fingerprint density at radius 2 is 2.09 bits per heavy atom. The monoisotopic (exact) mass is 333 g/mol. The van der Waals surface area contributed by atoms with Crippen molar-refractivity contribution in [2.24, 2.45) is 0 Å². The van der Waals surface area contributed by atoms with Crippen LogP contribution < -0.4 is 0 Å². The zero-order chi connectivity index (χ0) is 16.0. The number of ether oxygens (including phenoxy) is 1. The van der Waals surface area contributed by atoms with Crippen LogP contribution in [0.5, 0.6) is 0 Å². The molecule has 1 fully saturated rings. The van der Waals surface area contributed by atoms with Crippen molar-refractivity contribution in [1.82, 2.24) is 14.5 Å². The molecule has 4 rings (SSSR count). The molecule has 0 saturated carbocycles. The van der Waals surface area contributed by atoms with Crippen molar-refractivity contribution in [3.63, 3.8) is 0 Å². The summed E-state index contributed by atoms with van der Waals surface area (Å²) in [5.41, 5.74) is 1.42. The topological polar surface area (TPSA) is 101 Å².